The molecule has 0 radical (unpaired) electrons. The van der Waals surface area contributed by atoms with Gasteiger partial charge in [-0.2, -0.15) is 0 Å². The lowest BCUT2D eigenvalue weighted by Crippen LogP contribution is -2.30. The van der Waals surface area contributed by atoms with Crippen LogP contribution in [0.5, 0.6) is 0 Å². The first-order valence-corrected chi connectivity index (χ1v) is 6.74. The molecule has 0 fully saturated rings. The molecule has 0 saturated carbocycles. The summed E-state index contributed by atoms with van der Waals surface area (Å²) in [5, 5.41) is 0. The van der Waals surface area contributed by atoms with Crippen molar-refractivity contribution in [2.75, 3.05) is 19.7 Å². The molecular formula is C15H25NO. The van der Waals surface area contributed by atoms with Crippen molar-refractivity contribution in [3.8, 4) is 0 Å². The molecule has 0 bridgehead atoms. The molecule has 0 N–H and O–H groups in total. The fourth-order valence-electron chi connectivity index (χ4n) is 1.92. The smallest absolute Gasteiger partial charge is 0.136 e. The molecule has 0 heterocycles. The molecule has 17 heavy (non-hydrogen) atoms. The highest BCUT2D eigenvalue weighted by molar-refractivity contribution is 5.17. The van der Waals surface area contributed by atoms with Crippen molar-refractivity contribution in [2.24, 2.45) is 0 Å². The Kier molecular flexibility index (Phi) is 6.90. The first-order chi connectivity index (χ1) is 8.33. The lowest BCUT2D eigenvalue weighted by Gasteiger charge is -2.30. The van der Waals surface area contributed by atoms with Crippen LogP contribution in [0, 0.1) is 0 Å². The van der Waals surface area contributed by atoms with E-state index in [0.717, 1.165) is 26.1 Å². The Hall–Kier alpha value is -0.860. The number of benzene rings is 1. The van der Waals surface area contributed by atoms with E-state index in [0.29, 0.717) is 0 Å². The van der Waals surface area contributed by atoms with Crippen molar-refractivity contribution in [3.05, 3.63) is 35.9 Å². The van der Waals surface area contributed by atoms with Crippen molar-refractivity contribution in [1.82, 2.24) is 4.90 Å². The first kappa shape index (κ1) is 14.2. The summed E-state index contributed by atoms with van der Waals surface area (Å²) < 4.78 is 6.04. The minimum Gasteiger partial charge on any atom is -0.359 e. The monoisotopic (exact) mass is 235 g/mol. The summed E-state index contributed by atoms with van der Waals surface area (Å²) >= 11 is 0. The second-order valence-electron chi connectivity index (χ2n) is 4.21. The van der Waals surface area contributed by atoms with Gasteiger partial charge >= 0.3 is 0 Å². The maximum absolute atomic E-state index is 6.04. The van der Waals surface area contributed by atoms with E-state index in [4.69, 9.17) is 4.74 Å². The van der Waals surface area contributed by atoms with Crippen molar-refractivity contribution in [1.29, 1.82) is 0 Å². The Morgan fingerprint density at radius 2 is 1.71 bits per heavy atom. The van der Waals surface area contributed by atoms with E-state index in [1.807, 2.05) is 0 Å². The van der Waals surface area contributed by atoms with E-state index in [1.54, 1.807) is 0 Å². The lowest BCUT2D eigenvalue weighted by atomic mass is 10.2. The second kappa shape index (κ2) is 8.26. The minimum absolute atomic E-state index is 0.109. The molecule has 1 aromatic rings. The molecule has 96 valence electrons. The first-order valence-electron chi connectivity index (χ1n) is 6.74. The predicted octanol–water partition coefficient (Wildman–Crippen LogP) is 3.84. The average molecular weight is 235 g/mol. The second-order valence-corrected chi connectivity index (χ2v) is 4.21. The summed E-state index contributed by atoms with van der Waals surface area (Å²) in [5.74, 6) is 0. The summed E-state index contributed by atoms with van der Waals surface area (Å²) in [4.78, 5) is 2.35. The Balaban J connectivity index is 2.71. The average Bonchev–Trinajstić information content (AvgIpc) is 2.39. The molecule has 2 nitrogen and oxygen atoms in total. The van der Waals surface area contributed by atoms with Gasteiger partial charge < -0.3 is 4.74 Å². The van der Waals surface area contributed by atoms with Gasteiger partial charge in [0.2, 0.25) is 0 Å². The molecule has 0 saturated heterocycles. The summed E-state index contributed by atoms with van der Waals surface area (Å²) in [5.41, 5.74) is 1.26. The van der Waals surface area contributed by atoms with E-state index in [9.17, 15) is 0 Å². The molecule has 0 spiro atoms. The van der Waals surface area contributed by atoms with E-state index in [-0.39, 0.29) is 6.23 Å². The van der Waals surface area contributed by atoms with Gasteiger partial charge in [0.25, 0.3) is 0 Å². The van der Waals surface area contributed by atoms with Crippen LogP contribution in [0.4, 0.5) is 0 Å². The number of hydrogen-bond donors (Lipinski definition) is 0. The molecule has 1 atom stereocenters. The zero-order valence-corrected chi connectivity index (χ0v) is 11.4. The quantitative estimate of drug-likeness (QED) is 0.501. The van der Waals surface area contributed by atoms with Crippen LogP contribution in [0.1, 0.15) is 45.4 Å². The molecule has 0 aliphatic carbocycles. The molecule has 0 aliphatic heterocycles. The number of hydrogen-bond acceptors (Lipinski definition) is 2. The molecule has 0 aliphatic rings. The maximum atomic E-state index is 6.04. The van der Waals surface area contributed by atoms with Crippen LogP contribution in [-0.2, 0) is 4.74 Å². The third kappa shape index (κ3) is 4.49. The summed E-state index contributed by atoms with van der Waals surface area (Å²) in [6.07, 6.45) is 2.42. The topological polar surface area (TPSA) is 12.5 Å². The molecular weight excluding hydrogens is 210 g/mol. The molecule has 1 aromatic carbocycles. The highest BCUT2D eigenvalue weighted by Crippen LogP contribution is 2.21. The third-order valence-electron chi connectivity index (χ3n) is 3.00. The largest absolute Gasteiger partial charge is 0.359 e. The Morgan fingerprint density at radius 3 is 2.24 bits per heavy atom. The van der Waals surface area contributed by atoms with Gasteiger partial charge in [-0.25, -0.2) is 0 Å². The van der Waals surface area contributed by atoms with Crippen LogP contribution >= 0.6 is 0 Å². The normalized spacial score (nSPS) is 12.9. The molecule has 1 unspecified atom stereocenters. The molecule has 1 rings (SSSR count). The van der Waals surface area contributed by atoms with E-state index in [1.165, 1.54) is 12.0 Å². The SMILES string of the molecule is CCCCOC(c1ccccc1)N(CC)CC. The predicted molar refractivity (Wildman–Crippen MR) is 73.0 cm³/mol. The summed E-state index contributed by atoms with van der Waals surface area (Å²) in [7, 11) is 0. The lowest BCUT2D eigenvalue weighted by molar-refractivity contribution is -0.0592. The highest BCUT2D eigenvalue weighted by atomic mass is 16.5. The Bertz CT molecular complexity index is 282. The minimum atomic E-state index is 0.109. The number of nitrogens with zero attached hydrogens (tertiary/aromatic N) is 1. The number of ether oxygens (including phenoxy) is 1. The Morgan fingerprint density at radius 1 is 1.06 bits per heavy atom. The van der Waals surface area contributed by atoms with Crippen LogP contribution in [0.3, 0.4) is 0 Å². The molecule has 2 heteroatoms. The van der Waals surface area contributed by atoms with Crippen molar-refractivity contribution < 1.29 is 4.74 Å². The molecule has 0 amide bonds. The van der Waals surface area contributed by atoms with Gasteiger partial charge in [0.15, 0.2) is 0 Å². The van der Waals surface area contributed by atoms with E-state index in [2.05, 4.69) is 56.0 Å². The fourth-order valence-corrected chi connectivity index (χ4v) is 1.92. The summed E-state index contributed by atoms with van der Waals surface area (Å²) in [6.45, 7) is 9.43. The van der Waals surface area contributed by atoms with Crippen molar-refractivity contribution in [2.45, 2.75) is 39.8 Å². The van der Waals surface area contributed by atoms with Gasteiger partial charge in [-0.15, -0.1) is 0 Å². The van der Waals surface area contributed by atoms with Gasteiger partial charge in [-0.1, -0.05) is 57.5 Å². The van der Waals surface area contributed by atoms with E-state index >= 15 is 0 Å². The van der Waals surface area contributed by atoms with Crippen LogP contribution in [0.2, 0.25) is 0 Å². The number of rotatable bonds is 8. The highest BCUT2D eigenvalue weighted by Gasteiger charge is 2.17. The van der Waals surface area contributed by atoms with Gasteiger partial charge in [0, 0.05) is 6.61 Å². The Labute approximate surface area is 106 Å². The van der Waals surface area contributed by atoms with Crippen molar-refractivity contribution >= 4 is 0 Å². The van der Waals surface area contributed by atoms with E-state index < -0.39 is 0 Å². The molecule has 0 aromatic heterocycles. The van der Waals surface area contributed by atoms with Gasteiger partial charge in [0.1, 0.15) is 6.23 Å². The fraction of sp³-hybridized carbons (Fsp3) is 0.600. The van der Waals surface area contributed by atoms with Crippen LogP contribution in [0.25, 0.3) is 0 Å². The summed E-state index contributed by atoms with van der Waals surface area (Å²) in [6, 6.07) is 10.5. The zero-order valence-electron chi connectivity index (χ0n) is 11.4. The third-order valence-corrected chi connectivity index (χ3v) is 3.00. The van der Waals surface area contributed by atoms with Crippen molar-refractivity contribution in [3.63, 3.8) is 0 Å². The van der Waals surface area contributed by atoms with Gasteiger partial charge in [-0.05, 0) is 25.1 Å². The van der Waals surface area contributed by atoms with Gasteiger partial charge in [-0.3, -0.25) is 4.90 Å². The number of unbranched alkanes of at least 4 members (excludes halogenated alkanes) is 1. The standard InChI is InChI=1S/C15H25NO/c1-4-7-13-17-15(16(5-2)6-3)14-11-9-8-10-12-14/h8-12,15H,4-7,13H2,1-3H3. The van der Waals surface area contributed by atoms with Crippen LogP contribution in [-0.4, -0.2) is 24.6 Å². The van der Waals surface area contributed by atoms with Crippen LogP contribution in [0.15, 0.2) is 30.3 Å². The van der Waals surface area contributed by atoms with Gasteiger partial charge in [0.05, 0.1) is 0 Å². The zero-order chi connectivity index (χ0) is 12.5. The maximum Gasteiger partial charge on any atom is 0.136 e. The van der Waals surface area contributed by atoms with Crippen LogP contribution < -0.4 is 0 Å².